The molecule has 27 heavy (non-hydrogen) atoms. The van der Waals surface area contributed by atoms with Gasteiger partial charge in [0.15, 0.2) is 0 Å². The number of halogens is 3. The average molecular weight is 391 g/mol. The fraction of sp³-hybridized carbons (Fsp3) is 0.316. The van der Waals surface area contributed by atoms with Crippen molar-refractivity contribution in [3.05, 3.63) is 58.8 Å². The molecule has 4 nitrogen and oxygen atoms in total. The number of alkyl halides is 3. The van der Waals surface area contributed by atoms with E-state index in [9.17, 15) is 23.2 Å². The maximum absolute atomic E-state index is 13.3. The third kappa shape index (κ3) is 4.61. The Kier molecular flexibility index (Phi) is 5.42. The molecule has 1 aromatic carbocycles. The number of nitrogens with zero attached hydrogens (tertiary/aromatic N) is 2. The average Bonchev–Trinajstić information content (AvgIpc) is 3.43. The van der Waals surface area contributed by atoms with Crippen molar-refractivity contribution >= 4 is 17.7 Å². The van der Waals surface area contributed by atoms with Crippen molar-refractivity contribution in [3.8, 4) is 6.07 Å². The molecule has 1 saturated carbocycles. The van der Waals surface area contributed by atoms with Crippen molar-refractivity contribution in [1.82, 2.24) is 10.3 Å². The molecule has 1 aliphatic carbocycles. The van der Waals surface area contributed by atoms with E-state index in [1.54, 1.807) is 36.4 Å². The first kappa shape index (κ1) is 19.2. The molecule has 1 aromatic heterocycles. The van der Waals surface area contributed by atoms with Crippen LogP contribution in [0, 0.1) is 18.3 Å². The van der Waals surface area contributed by atoms with Crippen LogP contribution in [0.2, 0.25) is 0 Å². The van der Waals surface area contributed by atoms with E-state index in [2.05, 4.69) is 10.3 Å². The number of carbonyl (C=O) groups is 1. The number of amides is 1. The number of nitrogens with one attached hydrogen (secondary N) is 1. The van der Waals surface area contributed by atoms with E-state index in [1.807, 2.05) is 0 Å². The number of hydrogen-bond donors (Lipinski definition) is 1. The van der Waals surface area contributed by atoms with Crippen molar-refractivity contribution in [2.45, 2.75) is 42.3 Å². The lowest BCUT2D eigenvalue weighted by Gasteiger charge is -2.19. The Morgan fingerprint density at radius 1 is 1.33 bits per heavy atom. The standard InChI is InChI=1S/C19H16F3N3OS/c1-11-9-15(19(20,21)22)14(10-23)18(24-11)27-16(12-5-3-2-4-6-12)17(26)25-13-7-8-13/h2-6,9,13,16H,7-8H2,1H3,(H,25,26). The molecule has 0 bridgehead atoms. The maximum Gasteiger partial charge on any atom is 0.417 e. The zero-order valence-corrected chi connectivity index (χ0v) is 15.2. The van der Waals surface area contributed by atoms with Crippen LogP contribution in [0.15, 0.2) is 41.4 Å². The van der Waals surface area contributed by atoms with Gasteiger partial charge < -0.3 is 5.32 Å². The van der Waals surface area contributed by atoms with Crippen molar-refractivity contribution in [2.75, 3.05) is 0 Å². The van der Waals surface area contributed by atoms with Gasteiger partial charge in [-0.1, -0.05) is 42.1 Å². The van der Waals surface area contributed by atoms with Crippen LogP contribution in [-0.4, -0.2) is 16.9 Å². The second-order valence-corrected chi connectivity index (χ2v) is 7.39. The molecule has 2 aromatic rings. The summed E-state index contributed by atoms with van der Waals surface area (Å²) in [6.45, 7) is 1.43. The Bertz CT molecular complexity index is 890. The molecule has 0 radical (unpaired) electrons. The molecule has 1 atom stereocenters. The molecular formula is C19H16F3N3OS. The Balaban J connectivity index is 2.02. The number of carbonyl (C=O) groups excluding carboxylic acids is 1. The van der Waals surface area contributed by atoms with Crippen molar-refractivity contribution in [2.24, 2.45) is 0 Å². The number of pyridine rings is 1. The van der Waals surface area contributed by atoms with E-state index >= 15 is 0 Å². The first-order valence-electron chi connectivity index (χ1n) is 8.30. The molecule has 1 heterocycles. The highest BCUT2D eigenvalue weighted by Crippen LogP contribution is 2.41. The third-order valence-corrected chi connectivity index (χ3v) is 5.27. The first-order chi connectivity index (χ1) is 12.8. The smallest absolute Gasteiger partial charge is 0.352 e. The monoisotopic (exact) mass is 391 g/mol. The van der Waals surface area contributed by atoms with Crippen LogP contribution in [-0.2, 0) is 11.0 Å². The highest BCUT2D eigenvalue weighted by atomic mass is 32.2. The van der Waals surface area contributed by atoms with Gasteiger partial charge in [0, 0.05) is 11.7 Å². The summed E-state index contributed by atoms with van der Waals surface area (Å²) in [6, 6.07) is 11.3. The molecule has 0 spiro atoms. The second kappa shape index (κ2) is 7.61. The summed E-state index contributed by atoms with van der Waals surface area (Å²) < 4.78 is 40.0. The fourth-order valence-corrected chi connectivity index (χ4v) is 3.74. The van der Waals surface area contributed by atoms with Crippen LogP contribution in [0.4, 0.5) is 13.2 Å². The van der Waals surface area contributed by atoms with Gasteiger partial charge in [-0.3, -0.25) is 4.79 Å². The maximum atomic E-state index is 13.3. The third-order valence-electron chi connectivity index (χ3n) is 4.03. The van der Waals surface area contributed by atoms with Crippen molar-refractivity contribution in [1.29, 1.82) is 5.26 Å². The summed E-state index contributed by atoms with van der Waals surface area (Å²) in [7, 11) is 0. The first-order valence-corrected chi connectivity index (χ1v) is 9.18. The normalized spacial score (nSPS) is 15.1. The molecule has 3 rings (SSSR count). The molecule has 0 aliphatic heterocycles. The number of rotatable bonds is 5. The molecule has 1 aliphatic rings. The zero-order valence-electron chi connectivity index (χ0n) is 14.4. The van der Waals surface area contributed by atoms with Crippen molar-refractivity contribution in [3.63, 3.8) is 0 Å². The van der Waals surface area contributed by atoms with Gasteiger partial charge in [-0.15, -0.1) is 0 Å². The van der Waals surface area contributed by atoms with Crippen LogP contribution in [0.25, 0.3) is 0 Å². The van der Waals surface area contributed by atoms with Gasteiger partial charge in [-0.05, 0) is 31.4 Å². The van der Waals surface area contributed by atoms with Gasteiger partial charge in [0.2, 0.25) is 5.91 Å². The Hall–Kier alpha value is -2.53. The van der Waals surface area contributed by atoms with E-state index in [0.29, 0.717) is 5.56 Å². The van der Waals surface area contributed by atoms with E-state index in [0.717, 1.165) is 30.7 Å². The highest BCUT2D eigenvalue weighted by molar-refractivity contribution is 8.00. The number of aryl methyl sites for hydroxylation is 1. The van der Waals surface area contributed by atoms with E-state index in [4.69, 9.17) is 0 Å². The van der Waals surface area contributed by atoms with Crippen LogP contribution < -0.4 is 5.32 Å². The van der Waals surface area contributed by atoms with Crippen LogP contribution >= 0.6 is 11.8 Å². The molecule has 1 unspecified atom stereocenters. The van der Waals surface area contributed by atoms with Crippen LogP contribution in [0.3, 0.4) is 0 Å². The number of nitriles is 1. The molecule has 140 valence electrons. The minimum atomic E-state index is -4.67. The zero-order chi connectivity index (χ0) is 19.6. The summed E-state index contributed by atoms with van der Waals surface area (Å²) in [5, 5.41) is 11.3. The topological polar surface area (TPSA) is 65.8 Å². The van der Waals surface area contributed by atoms with Gasteiger partial charge in [-0.25, -0.2) is 4.98 Å². The lowest BCUT2D eigenvalue weighted by atomic mass is 10.1. The SMILES string of the molecule is Cc1cc(C(F)(F)F)c(C#N)c(SC(C(=O)NC2CC2)c2ccccc2)n1. The van der Waals surface area contributed by atoms with E-state index < -0.39 is 22.6 Å². The molecule has 1 N–H and O–H groups in total. The number of thioether (sulfide) groups is 1. The summed E-state index contributed by atoms with van der Waals surface area (Å²) in [5.41, 5.74) is -0.813. The minimum Gasteiger partial charge on any atom is -0.352 e. The van der Waals surface area contributed by atoms with Crippen LogP contribution in [0.5, 0.6) is 0 Å². The number of benzene rings is 1. The molecule has 1 amide bonds. The molecule has 8 heteroatoms. The lowest BCUT2D eigenvalue weighted by Crippen LogP contribution is -2.30. The molecular weight excluding hydrogens is 375 g/mol. The second-order valence-electron chi connectivity index (χ2n) is 6.29. The summed E-state index contributed by atoms with van der Waals surface area (Å²) in [5.74, 6) is -0.297. The van der Waals surface area contributed by atoms with Gasteiger partial charge in [-0.2, -0.15) is 18.4 Å². The predicted octanol–water partition coefficient (Wildman–Crippen LogP) is 4.39. The summed E-state index contributed by atoms with van der Waals surface area (Å²) in [6.07, 6.45) is -2.89. The van der Waals surface area contributed by atoms with Gasteiger partial charge in [0.05, 0.1) is 11.1 Å². The Morgan fingerprint density at radius 2 is 2.00 bits per heavy atom. The summed E-state index contributed by atoms with van der Waals surface area (Å²) >= 11 is 0.870. The summed E-state index contributed by atoms with van der Waals surface area (Å²) in [4.78, 5) is 16.8. The van der Waals surface area contributed by atoms with E-state index in [1.165, 1.54) is 6.92 Å². The number of aromatic nitrogens is 1. The van der Waals surface area contributed by atoms with Gasteiger partial charge in [0.1, 0.15) is 16.3 Å². The molecule has 1 fully saturated rings. The Morgan fingerprint density at radius 3 is 2.56 bits per heavy atom. The highest BCUT2D eigenvalue weighted by Gasteiger charge is 2.37. The van der Waals surface area contributed by atoms with Gasteiger partial charge in [0.25, 0.3) is 0 Å². The molecule has 0 saturated heterocycles. The lowest BCUT2D eigenvalue weighted by molar-refractivity contribution is -0.138. The predicted molar refractivity (Wildman–Crippen MR) is 94.9 cm³/mol. The van der Waals surface area contributed by atoms with Crippen LogP contribution in [0.1, 0.15) is 40.5 Å². The quantitative estimate of drug-likeness (QED) is 0.768. The largest absolute Gasteiger partial charge is 0.417 e. The van der Waals surface area contributed by atoms with E-state index in [-0.39, 0.29) is 22.7 Å². The van der Waals surface area contributed by atoms with Crippen molar-refractivity contribution < 1.29 is 18.0 Å². The number of hydrogen-bond acceptors (Lipinski definition) is 4. The minimum absolute atomic E-state index is 0.0929. The van der Waals surface area contributed by atoms with Gasteiger partial charge >= 0.3 is 6.18 Å². The fourth-order valence-electron chi connectivity index (χ4n) is 2.58. The Labute approximate surface area is 158 Å².